The highest BCUT2D eigenvalue weighted by Crippen LogP contribution is 2.39. The average Bonchev–Trinajstić information content (AvgIpc) is 2.89. The van der Waals surface area contributed by atoms with Crippen molar-refractivity contribution in [2.45, 2.75) is 31.2 Å². The van der Waals surface area contributed by atoms with Gasteiger partial charge in [-0.2, -0.15) is 11.3 Å². The van der Waals surface area contributed by atoms with Crippen molar-refractivity contribution < 1.29 is 9.90 Å². The Bertz CT molecular complexity index is 559. The summed E-state index contributed by atoms with van der Waals surface area (Å²) in [5.74, 6) is -0.219. The van der Waals surface area contributed by atoms with Gasteiger partial charge in [-0.05, 0) is 52.1 Å². The summed E-state index contributed by atoms with van der Waals surface area (Å²) in [6.07, 6.45) is 2.68. The van der Waals surface area contributed by atoms with Crippen LogP contribution in [0.2, 0.25) is 0 Å². The summed E-state index contributed by atoms with van der Waals surface area (Å²) >= 11 is 1.61. The molecule has 6 nitrogen and oxygen atoms in total. The average molecular weight is 264 g/mol. The minimum Gasteiger partial charge on any atom is -0.479 e. The van der Waals surface area contributed by atoms with Crippen LogP contribution in [0, 0.1) is 0 Å². The van der Waals surface area contributed by atoms with E-state index in [1.165, 1.54) is 4.68 Å². The predicted molar refractivity (Wildman–Crippen MR) is 64.4 cm³/mol. The number of carbonyl (C=O) groups is 1. The molecule has 0 unspecified atom stereocenters. The van der Waals surface area contributed by atoms with Gasteiger partial charge in [0.15, 0.2) is 11.4 Å². The van der Waals surface area contributed by atoms with Crippen LogP contribution in [-0.4, -0.2) is 31.3 Å². The molecule has 0 aromatic carbocycles. The molecule has 0 atom stereocenters. The second-order valence-electron chi connectivity index (χ2n) is 4.51. The first-order valence-electron chi connectivity index (χ1n) is 5.74. The predicted octanol–water partition coefficient (Wildman–Crippen LogP) is 1.29. The zero-order valence-corrected chi connectivity index (χ0v) is 10.4. The van der Waals surface area contributed by atoms with Gasteiger partial charge in [0.1, 0.15) is 0 Å². The number of carboxylic acids is 1. The number of rotatable bonds is 4. The molecule has 1 saturated carbocycles. The molecule has 1 N–H and O–H groups in total. The molecular formula is C11H12N4O2S. The monoisotopic (exact) mass is 264 g/mol. The Labute approximate surface area is 107 Å². The number of aliphatic carboxylic acids is 1. The van der Waals surface area contributed by atoms with E-state index in [-0.39, 0.29) is 0 Å². The Morgan fingerprint density at radius 2 is 2.39 bits per heavy atom. The molecule has 0 bridgehead atoms. The van der Waals surface area contributed by atoms with Gasteiger partial charge in [-0.1, -0.05) is 0 Å². The molecule has 1 aliphatic carbocycles. The lowest BCUT2D eigenvalue weighted by Crippen LogP contribution is -2.49. The van der Waals surface area contributed by atoms with Crippen LogP contribution in [-0.2, 0) is 16.8 Å². The SMILES string of the molecule is O=C(O)C1(n2nnnc2Cc2ccsc2)CCC1. The van der Waals surface area contributed by atoms with E-state index in [2.05, 4.69) is 15.5 Å². The second kappa shape index (κ2) is 4.16. The first-order chi connectivity index (χ1) is 8.72. The summed E-state index contributed by atoms with van der Waals surface area (Å²) in [6.45, 7) is 0. The Kier molecular flexibility index (Phi) is 2.62. The van der Waals surface area contributed by atoms with Crippen molar-refractivity contribution in [3.05, 3.63) is 28.2 Å². The van der Waals surface area contributed by atoms with Gasteiger partial charge >= 0.3 is 5.97 Å². The standard InChI is InChI=1S/C11H12N4O2S/c16-10(17)11(3-1-4-11)15-9(12-13-14-15)6-8-2-5-18-7-8/h2,5,7H,1,3-4,6H2,(H,16,17). The van der Waals surface area contributed by atoms with E-state index in [9.17, 15) is 9.90 Å². The molecule has 0 aliphatic heterocycles. The summed E-state index contributed by atoms with van der Waals surface area (Å²) in [5.41, 5.74) is 0.186. The van der Waals surface area contributed by atoms with Crippen molar-refractivity contribution >= 4 is 17.3 Å². The van der Waals surface area contributed by atoms with Crippen molar-refractivity contribution in [2.75, 3.05) is 0 Å². The number of carboxylic acid groups (broad SMARTS) is 1. The molecule has 2 heterocycles. The molecule has 18 heavy (non-hydrogen) atoms. The number of tetrazole rings is 1. The molecule has 94 valence electrons. The summed E-state index contributed by atoms with van der Waals surface area (Å²) in [7, 11) is 0. The van der Waals surface area contributed by atoms with Gasteiger partial charge in [0, 0.05) is 6.42 Å². The molecular weight excluding hydrogens is 252 g/mol. The highest BCUT2D eigenvalue weighted by molar-refractivity contribution is 7.07. The summed E-state index contributed by atoms with van der Waals surface area (Å²) < 4.78 is 1.50. The van der Waals surface area contributed by atoms with Gasteiger partial charge in [-0.3, -0.25) is 0 Å². The summed E-state index contributed by atoms with van der Waals surface area (Å²) in [6, 6.07) is 2.00. The van der Waals surface area contributed by atoms with Crippen molar-refractivity contribution in [1.82, 2.24) is 20.2 Å². The third kappa shape index (κ3) is 1.62. The molecule has 2 aromatic heterocycles. The number of thiophene rings is 1. The van der Waals surface area contributed by atoms with Crippen LogP contribution in [0.4, 0.5) is 0 Å². The van der Waals surface area contributed by atoms with E-state index in [0.29, 0.717) is 25.1 Å². The highest BCUT2D eigenvalue weighted by Gasteiger charge is 2.48. The topological polar surface area (TPSA) is 80.9 Å². The Morgan fingerprint density at radius 3 is 2.94 bits per heavy atom. The lowest BCUT2D eigenvalue weighted by Gasteiger charge is -2.37. The van der Waals surface area contributed by atoms with Gasteiger partial charge in [0.2, 0.25) is 0 Å². The molecule has 1 aliphatic rings. The zero-order chi connectivity index (χ0) is 12.6. The van der Waals surface area contributed by atoms with E-state index >= 15 is 0 Å². The van der Waals surface area contributed by atoms with E-state index in [1.807, 2.05) is 16.8 Å². The van der Waals surface area contributed by atoms with Crippen LogP contribution in [0.15, 0.2) is 16.8 Å². The maximum absolute atomic E-state index is 11.4. The first kappa shape index (κ1) is 11.3. The minimum absolute atomic E-state index is 0.575. The third-order valence-electron chi connectivity index (χ3n) is 3.46. The molecule has 2 aromatic rings. The molecule has 7 heteroatoms. The number of nitrogens with zero attached hydrogens (tertiary/aromatic N) is 4. The van der Waals surface area contributed by atoms with Crippen LogP contribution < -0.4 is 0 Å². The Balaban J connectivity index is 1.94. The largest absolute Gasteiger partial charge is 0.479 e. The molecule has 0 spiro atoms. The Hall–Kier alpha value is -1.76. The van der Waals surface area contributed by atoms with Crippen molar-refractivity contribution in [1.29, 1.82) is 0 Å². The fraction of sp³-hybridized carbons (Fsp3) is 0.455. The molecule has 0 amide bonds. The van der Waals surface area contributed by atoms with Crippen LogP contribution in [0.5, 0.6) is 0 Å². The smallest absolute Gasteiger partial charge is 0.331 e. The van der Waals surface area contributed by atoms with Gasteiger partial charge in [0.25, 0.3) is 0 Å². The zero-order valence-electron chi connectivity index (χ0n) is 9.61. The quantitative estimate of drug-likeness (QED) is 0.900. The van der Waals surface area contributed by atoms with Crippen LogP contribution >= 0.6 is 11.3 Å². The lowest BCUT2D eigenvalue weighted by molar-refractivity contribution is -0.153. The second-order valence-corrected chi connectivity index (χ2v) is 5.29. The number of hydrogen-bond acceptors (Lipinski definition) is 5. The van der Waals surface area contributed by atoms with Crippen LogP contribution in [0.1, 0.15) is 30.7 Å². The van der Waals surface area contributed by atoms with Gasteiger partial charge < -0.3 is 5.11 Å². The van der Waals surface area contributed by atoms with E-state index in [4.69, 9.17) is 0 Å². The molecule has 0 saturated heterocycles. The normalized spacial score (nSPS) is 17.3. The van der Waals surface area contributed by atoms with E-state index in [1.54, 1.807) is 11.3 Å². The maximum Gasteiger partial charge on any atom is 0.331 e. The highest BCUT2D eigenvalue weighted by atomic mass is 32.1. The third-order valence-corrected chi connectivity index (χ3v) is 4.19. The van der Waals surface area contributed by atoms with Gasteiger partial charge in [0.05, 0.1) is 0 Å². The van der Waals surface area contributed by atoms with Gasteiger partial charge in [-0.15, -0.1) is 5.10 Å². The van der Waals surface area contributed by atoms with E-state index < -0.39 is 11.5 Å². The van der Waals surface area contributed by atoms with Crippen LogP contribution in [0.25, 0.3) is 0 Å². The summed E-state index contributed by atoms with van der Waals surface area (Å²) in [5, 5.41) is 24.9. The van der Waals surface area contributed by atoms with Crippen LogP contribution in [0.3, 0.4) is 0 Å². The number of aromatic nitrogens is 4. The van der Waals surface area contributed by atoms with Gasteiger partial charge in [-0.25, -0.2) is 9.48 Å². The summed E-state index contributed by atoms with van der Waals surface area (Å²) in [4.78, 5) is 11.4. The molecule has 3 rings (SSSR count). The fourth-order valence-electron chi connectivity index (χ4n) is 2.25. The first-order valence-corrected chi connectivity index (χ1v) is 6.69. The van der Waals surface area contributed by atoms with Crippen molar-refractivity contribution in [2.24, 2.45) is 0 Å². The van der Waals surface area contributed by atoms with E-state index in [0.717, 1.165) is 12.0 Å². The molecule has 1 fully saturated rings. The van der Waals surface area contributed by atoms with Crippen molar-refractivity contribution in [3.8, 4) is 0 Å². The lowest BCUT2D eigenvalue weighted by atomic mass is 9.77. The van der Waals surface area contributed by atoms with Crippen molar-refractivity contribution in [3.63, 3.8) is 0 Å². The maximum atomic E-state index is 11.4. The minimum atomic E-state index is -0.922. The molecule has 0 radical (unpaired) electrons. The fourth-order valence-corrected chi connectivity index (χ4v) is 2.92. The number of hydrogen-bond donors (Lipinski definition) is 1. The Morgan fingerprint density at radius 1 is 1.56 bits per heavy atom.